The maximum absolute atomic E-state index is 14.1. The molecular weight excluding hydrogens is 732 g/mol. The predicted molar refractivity (Wildman–Crippen MR) is 179 cm³/mol. The number of nitrogens with one attached hydrogen (secondary N) is 1. The Balaban J connectivity index is 1.34. The summed E-state index contributed by atoms with van der Waals surface area (Å²) in [5.74, 6) is -3.50. The van der Waals surface area contributed by atoms with Crippen molar-refractivity contribution >= 4 is 84.1 Å². The number of nitrogens with two attached hydrogens (primary N) is 1. The highest BCUT2D eigenvalue weighted by Crippen LogP contribution is 2.54. The van der Waals surface area contributed by atoms with Crippen LogP contribution in [0.2, 0.25) is 0 Å². The van der Waals surface area contributed by atoms with E-state index in [9.17, 15) is 32.4 Å². The van der Waals surface area contributed by atoms with E-state index in [4.69, 9.17) is 9.88 Å². The number of sulfonamides is 1. The number of esters is 1. The van der Waals surface area contributed by atoms with Gasteiger partial charge >= 0.3 is 10.8 Å². The molecule has 242 valence electrons. The van der Waals surface area contributed by atoms with Crippen LogP contribution in [0.3, 0.4) is 0 Å². The Morgan fingerprint density at radius 3 is 2.23 bits per heavy atom. The number of anilines is 2. The van der Waals surface area contributed by atoms with Gasteiger partial charge in [-0.3, -0.25) is 23.7 Å². The molecule has 3 heterocycles. The lowest BCUT2D eigenvalue weighted by atomic mass is 9.83. The summed E-state index contributed by atoms with van der Waals surface area (Å²) in [6, 6.07) is 18.6. The van der Waals surface area contributed by atoms with Gasteiger partial charge < -0.3 is 10.1 Å². The van der Waals surface area contributed by atoms with Crippen LogP contribution in [-0.4, -0.2) is 48.5 Å². The maximum Gasteiger partial charge on any atom is 0.338 e. The highest BCUT2D eigenvalue weighted by atomic mass is 79.9. The van der Waals surface area contributed by atoms with E-state index >= 15 is 0 Å². The lowest BCUT2D eigenvalue weighted by Gasteiger charge is -2.30. The fourth-order valence-corrected chi connectivity index (χ4v) is 9.13. The number of aromatic nitrogens is 1. The van der Waals surface area contributed by atoms with Crippen molar-refractivity contribution in [1.82, 2.24) is 4.57 Å². The molecule has 0 saturated carbocycles. The molecule has 0 unspecified atom stereocenters. The Hall–Kier alpha value is -4.09. The summed E-state index contributed by atoms with van der Waals surface area (Å²) in [5, 5.41) is 7.30. The highest BCUT2D eigenvalue weighted by Gasteiger charge is 2.56. The Labute approximate surface area is 285 Å². The summed E-state index contributed by atoms with van der Waals surface area (Å²) >= 11 is 5.42. The van der Waals surface area contributed by atoms with Crippen molar-refractivity contribution < 1.29 is 32.3 Å². The fourth-order valence-electron chi connectivity index (χ4n) is 5.57. The number of carbonyl (C=O) groups is 4. The number of imide groups is 1. The Morgan fingerprint density at radius 1 is 0.957 bits per heavy atom. The first-order valence-corrected chi connectivity index (χ1v) is 18.1. The molecule has 6 rings (SSSR count). The van der Waals surface area contributed by atoms with Crippen LogP contribution in [0, 0.1) is 5.92 Å². The van der Waals surface area contributed by atoms with Gasteiger partial charge in [-0.25, -0.2) is 23.3 Å². The van der Waals surface area contributed by atoms with E-state index < -0.39 is 55.7 Å². The molecule has 12 nitrogen and oxygen atoms in total. The molecule has 3 atom stereocenters. The summed E-state index contributed by atoms with van der Waals surface area (Å²) in [7, 11) is -3.92. The lowest BCUT2D eigenvalue weighted by molar-refractivity contribution is -0.122. The van der Waals surface area contributed by atoms with Crippen LogP contribution in [-0.2, 0) is 35.7 Å². The van der Waals surface area contributed by atoms with E-state index in [2.05, 4.69) is 21.2 Å². The molecule has 3 amide bonds. The van der Waals surface area contributed by atoms with Crippen LogP contribution in [0.5, 0.6) is 0 Å². The van der Waals surface area contributed by atoms with E-state index in [0.29, 0.717) is 21.3 Å². The van der Waals surface area contributed by atoms with Crippen LogP contribution in [0.1, 0.15) is 33.6 Å². The van der Waals surface area contributed by atoms with Crippen molar-refractivity contribution in [2.75, 3.05) is 16.8 Å². The number of fused-ring (bicyclic) bond motifs is 2. The molecule has 0 aliphatic carbocycles. The summed E-state index contributed by atoms with van der Waals surface area (Å²) in [6.07, 6.45) is 0. The van der Waals surface area contributed by atoms with Crippen LogP contribution in [0.15, 0.2) is 92.0 Å². The molecule has 2 aliphatic heterocycles. The topological polar surface area (TPSA) is 175 Å². The normalized spacial score (nSPS) is 18.9. The highest BCUT2D eigenvalue weighted by molar-refractivity contribution is 9.10. The molecule has 4 aromatic rings. The molecule has 0 bridgehead atoms. The molecule has 3 aromatic carbocycles. The first-order chi connectivity index (χ1) is 22.4. The second-order valence-electron chi connectivity index (χ2n) is 10.6. The van der Waals surface area contributed by atoms with Gasteiger partial charge in [0.25, 0.3) is 0 Å². The predicted octanol–water partition coefficient (Wildman–Crippen LogP) is 3.93. The number of benzene rings is 3. The second kappa shape index (κ2) is 12.8. The van der Waals surface area contributed by atoms with Gasteiger partial charge in [0.1, 0.15) is 11.8 Å². The summed E-state index contributed by atoms with van der Waals surface area (Å²) in [6.45, 7) is 1.50. The van der Waals surface area contributed by atoms with Crippen molar-refractivity contribution in [3.63, 3.8) is 0 Å². The number of thioether (sulfide) groups is 1. The Bertz CT molecular complexity index is 2080. The standard InChI is InChI=1S/C31H25BrN4O8S3/c1-2-44-30(40)17-5-11-20(12-6-17)36-27(38)24-23(16-3-7-18(32)8-4-16)26-29(45-25(24)28(36)39)35(31(41)46-26)15-22(37)34-19-9-13-21(14-10-19)47(33,42)43/h3-14,23-25H,2,15H2,1H3,(H,34,37)(H2,33,42,43)/t23-,24-,25+/m0/s1. The molecule has 1 aromatic heterocycles. The fraction of sp³-hybridized carbons (Fsp3) is 0.194. The van der Waals surface area contributed by atoms with Gasteiger partial charge in [-0.15, -0.1) is 0 Å². The molecule has 2 aliphatic rings. The Kier molecular flexibility index (Phi) is 8.97. The van der Waals surface area contributed by atoms with Gasteiger partial charge in [0.15, 0.2) is 0 Å². The van der Waals surface area contributed by atoms with Crippen LogP contribution in [0.4, 0.5) is 11.4 Å². The lowest BCUT2D eigenvalue weighted by Crippen LogP contribution is -2.33. The molecule has 1 saturated heterocycles. The number of rotatable bonds is 8. The van der Waals surface area contributed by atoms with Crippen molar-refractivity contribution in [2.24, 2.45) is 11.1 Å². The van der Waals surface area contributed by atoms with Gasteiger partial charge in [-0.1, -0.05) is 51.2 Å². The van der Waals surface area contributed by atoms with Crippen LogP contribution < -0.4 is 20.2 Å². The average Bonchev–Trinajstić information content (AvgIpc) is 3.47. The molecule has 16 heteroatoms. The van der Waals surface area contributed by atoms with E-state index in [0.717, 1.165) is 38.0 Å². The number of thiazole rings is 1. The molecule has 1 fully saturated rings. The smallest absolute Gasteiger partial charge is 0.338 e. The first-order valence-electron chi connectivity index (χ1n) is 14.1. The molecule has 0 radical (unpaired) electrons. The molecule has 0 spiro atoms. The summed E-state index contributed by atoms with van der Waals surface area (Å²) < 4.78 is 30.3. The SMILES string of the molecule is CCOC(=O)c1ccc(N2C(=O)[C@H]3[C@H](c4ccc(Br)cc4)c4sc(=O)n(CC(=O)Nc5ccc(S(N)(=O)=O)cc5)c4S[C@H]3C2=O)cc1. The van der Waals surface area contributed by atoms with E-state index in [1.807, 2.05) is 24.3 Å². The number of halogens is 1. The van der Waals surface area contributed by atoms with Gasteiger partial charge in [0.2, 0.25) is 27.7 Å². The quantitative estimate of drug-likeness (QED) is 0.199. The zero-order chi connectivity index (χ0) is 33.6. The monoisotopic (exact) mass is 756 g/mol. The minimum atomic E-state index is -3.92. The third-order valence-corrected chi connectivity index (χ3v) is 11.7. The number of primary sulfonamides is 1. The third kappa shape index (κ3) is 6.30. The maximum atomic E-state index is 14.1. The van der Waals surface area contributed by atoms with Crippen molar-refractivity contribution in [3.8, 4) is 0 Å². The van der Waals surface area contributed by atoms with E-state index in [1.165, 1.54) is 53.1 Å². The number of nitrogens with zero attached hydrogens (tertiary/aromatic N) is 2. The van der Waals surface area contributed by atoms with Gasteiger partial charge in [-0.05, 0) is 73.2 Å². The van der Waals surface area contributed by atoms with Gasteiger partial charge in [0, 0.05) is 21.0 Å². The first kappa shape index (κ1) is 32.8. The zero-order valence-electron chi connectivity index (χ0n) is 24.4. The van der Waals surface area contributed by atoms with Gasteiger partial charge in [-0.2, -0.15) is 0 Å². The zero-order valence-corrected chi connectivity index (χ0v) is 28.5. The summed E-state index contributed by atoms with van der Waals surface area (Å²) in [4.78, 5) is 67.8. The molecular formula is C31H25BrN4O8S3. The molecule has 3 N–H and O–H groups in total. The number of hydrogen-bond acceptors (Lipinski definition) is 10. The van der Waals surface area contributed by atoms with Crippen LogP contribution in [0.25, 0.3) is 0 Å². The van der Waals surface area contributed by atoms with Crippen LogP contribution >= 0.6 is 39.0 Å². The molecule has 47 heavy (non-hydrogen) atoms. The number of amides is 3. The minimum absolute atomic E-state index is 0.122. The van der Waals surface area contributed by atoms with Crippen molar-refractivity contribution in [1.29, 1.82) is 0 Å². The number of carbonyl (C=O) groups excluding carboxylic acids is 4. The summed E-state index contributed by atoms with van der Waals surface area (Å²) in [5.41, 5.74) is 1.59. The second-order valence-corrected chi connectivity index (χ2v) is 15.2. The van der Waals surface area contributed by atoms with E-state index in [-0.39, 0.29) is 23.6 Å². The number of hydrogen-bond donors (Lipinski definition) is 2. The van der Waals surface area contributed by atoms with Crippen molar-refractivity contribution in [3.05, 3.63) is 103 Å². The van der Waals surface area contributed by atoms with Crippen molar-refractivity contribution in [2.45, 2.75) is 34.6 Å². The largest absolute Gasteiger partial charge is 0.462 e. The minimum Gasteiger partial charge on any atom is -0.462 e. The van der Waals surface area contributed by atoms with Gasteiger partial charge in [0.05, 0.1) is 33.7 Å². The average molecular weight is 758 g/mol. The third-order valence-electron chi connectivity index (χ3n) is 7.68. The number of ether oxygens (including phenoxy) is 1. The van der Waals surface area contributed by atoms with E-state index in [1.54, 1.807) is 6.92 Å². The Morgan fingerprint density at radius 2 is 1.62 bits per heavy atom.